The third-order valence-electron chi connectivity index (χ3n) is 7.35. The van der Waals surface area contributed by atoms with E-state index in [9.17, 15) is 9.90 Å². The van der Waals surface area contributed by atoms with Crippen LogP contribution in [0.25, 0.3) is 0 Å². The molecule has 1 heterocycles. The quantitative estimate of drug-likeness (QED) is 0.568. The van der Waals surface area contributed by atoms with Crippen molar-refractivity contribution in [2.45, 2.75) is 78.7 Å². The van der Waals surface area contributed by atoms with E-state index in [0.717, 1.165) is 59.0 Å². The summed E-state index contributed by atoms with van der Waals surface area (Å²) in [5.41, 5.74) is 1.80. The molecule has 3 rings (SSSR count). The number of hydrogen-bond acceptors (Lipinski definition) is 3. The lowest BCUT2D eigenvalue weighted by molar-refractivity contribution is -0.133. The first-order chi connectivity index (χ1) is 12.1. The first kappa shape index (κ1) is 20.0. The fourth-order valence-corrected chi connectivity index (χ4v) is 5.28. The average Bonchev–Trinajstić information content (AvgIpc) is 2.60. The fourth-order valence-electron chi connectivity index (χ4n) is 4.69. The summed E-state index contributed by atoms with van der Waals surface area (Å²) in [5, 5.41) is 10.3. The van der Waals surface area contributed by atoms with Crippen LogP contribution in [0.5, 0.6) is 11.5 Å². The second-order valence-electron chi connectivity index (χ2n) is 9.02. The van der Waals surface area contributed by atoms with Crippen LogP contribution in [0, 0.1) is 27.7 Å². The molecule has 1 fully saturated rings. The third-order valence-corrected chi connectivity index (χ3v) is 8.69. The standard InChI is InChI=1S/C22H31IO3/c1-13-12-18(25)16-8-9-21(4,26-20(16)19(13)23)10-11-22(5)14(2)6-7-17(24)15(22)3/h12,14-15,25H,6-11H2,1-5H3/t14-,15+,21?,22+/m1/s1. The predicted molar refractivity (Wildman–Crippen MR) is 113 cm³/mol. The third kappa shape index (κ3) is 3.38. The number of fused-ring (bicyclic) bond motifs is 1. The Balaban J connectivity index is 1.80. The average molecular weight is 470 g/mol. The normalized spacial score (nSPS) is 34.3. The summed E-state index contributed by atoms with van der Waals surface area (Å²) in [6.45, 7) is 10.9. The molecule has 144 valence electrons. The molecule has 1 N–H and O–H groups in total. The maximum atomic E-state index is 12.3. The Bertz CT molecular complexity index is 729. The summed E-state index contributed by atoms with van der Waals surface area (Å²) in [6, 6.07) is 1.84. The van der Waals surface area contributed by atoms with Crippen molar-refractivity contribution in [2.24, 2.45) is 17.3 Å². The first-order valence-electron chi connectivity index (χ1n) is 9.80. The lowest BCUT2D eigenvalue weighted by atomic mass is 9.59. The van der Waals surface area contributed by atoms with E-state index in [1.54, 1.807) is 0 Å². The van der Waals surface area contributed by atoms with E-state index in [4.69, 9.17) is 4.74 Å². The number of phenols is 1. The van der Waals surface area contributed by atoms with Crippen LogP contribution in [0.2, 0.25) is 0 Å². The second-order valence-corrected chi connectivity index (χ2v) is 10.1. The molecule has 26 heavy (non-hydrogen) atoms. The van der Waals surface area contributed by atoms with E-state index >= 15 is 0 Å². The summed E-state index contributed by atoms with van der Waals surface area (Å²) >= 11 is 2.32. The summed E-state index contributed by atoms with van der Waals surface area (Å²) in [6.07, 6.45) is 5.42. The molecule has 4 heteroatoms. The smallest absolute Gasteiger partial charge is 0.140 e. The van der Waals surface area contributed by atoms with Gasteiger partial charge in [0.05, 0.1) is 3.57 Å². The molecule has 2 aliphatic rings. The molecule has 3 nitrogen and oxygen atoms in total. The van der Waals surface area contributed by atoms with Gasteiger partial charge in [-0.3, -0.25) is 4.79 Å². The van der Waals surface area contributed by atoms with Gasteiger partial charge >= 0.3 is 0 Å². The lowest BCUT2D eigenvalue weighted by Crippen LogP contribution is -2.44. The van der Waals surface area contributed by atoms with Gasteiger partial charge in [0, 0.05) is 17.9 Å². The van der Waals surface area contributed by atoms with Crippen molar-refractivity contribution in [3.05, 3.63) is 20.8 Å². The summed E-state index contributed by atoms with van der Waals surface area (Å²) < 4.78 is 7.59. The fraction of sp³-hybridized carbons (Fsp3) is 0.682. The number of aryl methyl sites for hydroxylation is 1. The van der Waals surface area contributed by atoms with E-state index in [2.05, 4.69) is 50.3 Å². The van der Waals surface area contributed by atoms with Crippen molar-refractivity contribution in [1.29, 1.82) is 0 Å². The molecule has 0 amide bonds. The van der Waals surface area contributed by atoms with Gasteiger partial charge in [-0.2, -0.15) is 0 Å². The number of ether oxygens (including phenoxy) is 1. The Labute approximate surface area is 171 Å². The molecule has 0 bridgehead atoms. The monoisotopic (exact) mass is 470 g/mol. The molecule has 1 aliphatic heterocycles. The van der Waals surface area contributed by atoms with Crippen LogP contribution in [0.15, 0.2) is 6.07 Å². The van der Waals surface area contributed by atoms with E-state index in [1.165, 1.54) is 0 Å². The second kappa shape index (κ2) is 6.99. The number of aromatic hydroxyl groups is 1. The topological polar surface area (TPSA) is 46.5 Å². The highest BCUT2D eigenvalue weighted by Gasteiger charge is 2.45. The highest BCUT2D eigenvalue weighted by molar-refractivity contribution is 14.1. The van der Waals surface area contributed by atoms with Gasteiger partial charge < -0.3 is 9.84 Å². The van der Waals surface area contributed by atoms with Crippen LogP contribution in [0.4, 0.5) is 0 Å². The molecule has 1 aliphatic carbocycles. The van der Waals surface area contributed by atoms with Crippen LogP contribution in [0.3, 0.4) is 0 Å². The summed E-state index contributed by atoms with van der Waals surface area (Å²) in [7, 11) is 0. The predicted octanol–water partition coefficient (Wildman–Crippen LogP) is 5.81. The van der Waals surface area contributed by atoms with Gasteiger partial charge in [-0.25, -0.2) is 0 Å². The number of halogens is 1. The zero-order valence-electron chi connectivity index (χ0n) is 16.6. The SMILES string of the molecule is Cc1cc(O)c2c(c1I)OC(C)(CC[C@@]1(C)[C@H](C)CCC(=O)[C@@H]1C)CC2. The van der Waals surface area contributed by atoms with Crippen molar-refractivity contribution in [3.8, 4) is 11.5 Å². The van der Waals surface area contributed by atoms with Crippen molar-refractivity contribution in [3.63, 3.8) is 0 Å². The van der Waals surface area contributed by atoms with Gasteiger partial charge in [0.2, 0.25) is 0 Å². The highest BCUT2D eigenvalue weighted by Crippen LogP contribution is 2.50. The Morgan fingerprint density at radius 2 is 1.96 bits per heavy atom. The van der Waals surface area contributed by atoms with Gasteiger partial charge in [-0.05, 0) is 91.5 Å². The Morgan fingerprint density at radius 3 is 2.65 bits per heavy atom. The molecule has 1 aromatic rings. The van der Waals surface area contributed by atoms with Crippen LogP contribution >= 0.6 is 22.6 Å². The highest BCUT2D eigenvalue weighted by atomic mass is 127. The Kier molecular flexibility index (Phi) is 5.37. The van der Waals surface area contributed by atoms with Gasteiger partial charge in [0.15, 0.2) is 0 Å². The van der Waals surface area contributed by atoms with Crippen LogP contribution in [0.1, 0.15) is 70.9 Å². The lowest BCUT2D eigenvalue weighted by Gasteiger charge is -2.46. The van der Waals surface area contributed by atoms with Gasteiger partial charge in [0.1, 0.15) is 22.9 Å². The van der Waals surface area contributed by atoms with Gasteiger partial charge in [-0.15, -0.1) is 0 Å². The minimum Gasteiger partial charge on any atom is -0.508 e. The molecule has 4 atom stereocenters. The zero-order chi connectivity index (χ0) is 19.3. The van der Waals surface area contributed by atoms with Crippen LogP contribution < -0.4 is 4.74 Å². The van der Waals surface area contributed by atoms with Crippen molar-refractivity contribution in [1.82, 2.24) is 0 Å². The number of phenolic OH excluding ortho intramolecular Hbond substituents is 1. The molecule has 0 spiro atoms. The number of Topliss-reactive ketones (excluding diaryl/α,β-unsaturated/α-hetero) is 1. The first-order valence-corrected chi connectivity index (χ1v) is 10.9. The number of hydrogen-bond donors (Lipinski definition) is 1. The van der Waals surface area contributed by atoms with Crippen LogP contribution in [-0.2, 0) is 11.2 Å². The van der Waals surface area contributed by atoms with Crippen LogP contribution in [-0.4, -0.2) is 16.5 Å². The molecule has 1 unspecified atom stereocenters. The van der Waals surface area contributed by atoms with Gasteiger partial charge in [-0.1, -0.05) is 20.8 Å². The van der Waals surface area contributed by atoms with E-state index in [0.29, 0.717) is 17.5 Å². The maximum Gasteiger partial charge on any atom is 0.140 e. The summed E-state index contributed by atoms with van der Waals surface area (Å²) in [5.74, 6) is 2.31. The number of rotatable bonds is 3. The van der Waals surface area contributed by atoms with E-state index in [1.807, 2.05) is 13.0 Å². The molecule has 1 saturated carbocycles. The molecular formula is C22H31IO3. The van der Waals surface area contributed by atoms with Gasteiger partial charge in [0.25, 0.3) is 0 Å². The van der Waals surface area contributed by atoms with Crippen molar-refractivity contribution >= 4 is 28.4 Å². The zero-order valence-corrected chi connectivity index (χ0v) is 18.8. The Morgan fingerprint density at radius 1 is 1.27 bits per heavy atom. The maximum absolute atomic E-state index is 12.3. The minimum atomic E-state index is -0.240. The van der Waals surface area contributed by atoms with Crippen molar-refractivity contribution in [2.75, 3.05) is 0 Å². The number of ketones is 1. The molecular weight excluding hydrogens is 439 g/mol. The summed E-state index contributed by atoms with van der Waals surface area (Å²) in [4.78, 5) is 12.3. The molecule has 0 aromatic heterocycles. The molecule has 0 radical (unpaired) electrons. The van der Waals surface area contributed by atoms with E-state index in [-0.39, 0.29) is 16.9 Å². The number of carbonyl (C=O) groups excluding carboxylic acids is 1. The molecule has 0 saturated heterocycles. The number of benzene rings is 1. The van der Waals surface area contributed by atoms with E-state index < -0.39 is 0 Å². The Hall–Kier alpha value is -0.780. The number of carbonyl (C=O) groups is 1. The van der Waals surface area contributed by atoms with Crippen molar-refractivity contribution < 1.29 is 14.6 Å². The molecule has 1 aromatic carbocycles. The minimum absolute atomic E-state index is 0.0455. The largest absolute Gasteiger partial charge is 0.508 e.